The molecular weight excluding hydrogens is 422 g/mol. The molecule has 1 aromatic carbocycles. The molecule has 3 amide bonds. The van der Waals surface area contributed by atoms with E-state index < -0.39 is 23.6 Å². The van der Waals surface area contributed by atoms with E-state index in [0.717, 1.165) is 32.1 Å². The molecule has 0 saturated heterocycles. The van der Waals surface area contributed by atoms with Gasteiger partial charge in [-0.2, -0.15) is 0 Å². The van der Waals surface area contributed by atoms with E-state index in [1.165, 1.54) is 4.90 Å². The Labute approximate surface area is 197 Å². The normalized spacial score (nSPS) is 15.7. The second-order valence-electron chi connectivity index (χ2n) is 9.85. The van der Waals surface area contributed by atoms with Crippen LogP contribution < -0.4 is 10.6 Å². The summed E-state index contributed by atoms with van der Waals surface area (Å²) < 4.78 is 5.24. The SMILES string of the molecule is CCCC(C)NC(=O)C(c1cccc(C)c1O)N(C(=O)CNC(=O)OC(C)(C)C)C1CCC1. The zero-order chi connectivity index (χ0) is 24.8. The maximum Gasteiger partial charge on any atom is 0.408 e. The maximum atomic E-state index is 13.5. The molecule has 1 saturated carbocycles. The summed E-state index contributed by atoms with van der Waals surface area (Å²) in [4.78, 5) is 40.5. The number of nitrogens with one attached hydrogen (secondary N) is 2. The molecule has 0 spiro atoms. The van der Waals surface area contributed by atoms with Crippen molar-refractivity contribution in [3.05, 3.63) is 29.3 Å². The van der Waals surface area contributed by atoms with Crippen LogP contribution in [-0.4, -0.2) is 52.1 Å². The zero-order valence-corrected chi connectivity index (χ0v) is 20.7. The number of hydrogen-bond donors (Lipinski definition) is 3. The summed E-state index contributed by atoms with van der Waals surface area (Å²) in [5, 5.41) is 16.3. The van der Waals surface area contributed by atoms with E-state index in [-0.39, 0.29) is 30.3 Å². The molecule has 0 aromatic heterocycles. The van der Waals surface area contributed by atoms with Gasteiger partial charge < -0.3 is 25.4 Å². The van der Waals surface area contributed by atoms with Crippen molar-refractivity contribution in [1.29, 1.82) is 0 Å². The number of para-hydroxylation sites is 1. The largest absolute Gasteiger partial charge is 0.507 e. The average Bonchev–Trinajstić information content (AvgIpc) is 2.66. The molecular formula is C25H39N3O5. The van der Waals surface area contributed by atoms with Crippen LogP contribution in [0.1, 0.15) is 83.9 Å². The predicted molar refractivity (Wildman–Crippen MR) is 127 cm³/mol. The number of hydrogen-bond acceptors (Lipinski definition) is 5. The van der Waals surface area contributed by atoms with Crippen LogP contribution in [0.15, 0.2) is 18.2 Å². The minimum absolute atomic E-state index is 0.00183. The molecule has 2 atom stereocenters. The Morgan fingerprint density at radius 2 is 1.91 bits per heavy atom. The van der Waals surface area contributed by atoms with E-state index in [1.807, 2.05) is 13.8 Å². The van der Waals surface area contributed by atoms with Crippen molar-refractivity contribution in [2.75, 3.05) is 6.54 Å². The molecule has 33 heavy (non-hydrogen) atoms. The van der Waals surface area contributed by atoms with Crippen molar-refractivity contribution in [2.24, 2.45) is 0 Å². The predicted octanol–water partition coefficient (Wildman–Crippen LogP) is 3.95. The number of ether oxygens (including phenoxy) is 1. The molecule has 8 nitrogen and oxygen atoms in total. The van der Waals surface area contributed by atoms with Crippen LogP contribution in [0.3, 0.4) is 0 Å². The van der Waals surface area contributed by atoms with Gasteiger partial charge in [-0.25, -0.2) is 4.79 Å². The Balaban J connectivity index is 2.36. The Bertz CT molecular complexity index is 845. The molecule has 1 aliphatic carbocycles. The van der Waals surface area contributed by atoms with Crippen LogP contribution >= 0.6 is 0 Å². The Hall–Kier alpha value is -2.77. The lowest BCUT2D eigenvalue weighted by atomic mass is 9.88. The highest BCUT2D eigenvalue weighted by molar-refractivity contribution is 5.91. The lowest BCUT2D eigenvalue weighted by Gasteiger charge is -2.42. The Morgan fingerprint density at radius 3 is 2.45 bits per heavy atom. The second kappa shape index (κ2) is 11.4. The third-order valence-electron chi connectivity index (χ3n) is 5.74. The zero-order valence-electron chi connectivity index (χ0n) is 20.7. The Morgan fingerprint density at radius 1 is 1.24 bits per heavy atom. The fourth-order valence-electron chi connectivity index (χ4n) is 3.92. The number of amides is 3. The van der Waals surface area contributed by atoms with Gasteiger partial charge in [-0.05, 0) is 65.9 Å². The number of aromatic hydroxyl groups is 1. The van der Waals surface area contributed by atoms with E-state index >= 15 is 0 Å². The first-order valence-corrected chi connectivity index (χ1v) is 11.8. The lowest BCUT2D eigenvalue weighted by molar-refractivity contribution is -0.145. The molecule has 3 N–H and O–H groups in total. The highest BCUT2D eigenvalue weighted by Crippen LogP contribution is 2.37. The van der Waals surface area contributed by atoms with E-state index in [4.69, 9.17) is 4.74 Å². The van der Waals surface area contributed by atoms with Gasteiger partial charge in [-0.1, -0.05) is 31.5 Å². The van der Waals surface area contributed by atoms with Gasteiger partial charge in [-0.3, -0.25) is 9.59 Å². The van der Waals surface area contributed by atoms with Gasteiger partial charge in [0.25, 0.3) is 0 Å². The molecule has 0 aliphatic heterocycles. The second-order valence-corrected chi connectivity index (χ2v) is 9.85. The molecule has 2 rings (SSSR count). The number of phenols is 1. The van der Waals surface area contributed by atoms with E-state index in [1.54, 1.807) is 45.9 Å². The van der Waals surface area contributed by atoms with Gasteiger partial charge >= 0.3 is 6.09 Å². The molecule has 1 aromatic rings. The first-order valence-electron chi connectivity index (χ1n) is 11.8. The molecule has 2 unspecified atom stereocenters. The first kappa shape index (κ1) is 26.5. The van der Waals surface area contributed by atoms with Crippen LogP contribution in [0.25, 0.3) is 0 Å². The molecule has 0 bridgehead atoms. The highest BCUT2D eigenvalue weighted by Gasteiger charge is 2.40. The number of alkyl carbamates (subject to hydrolysis) is 1. The smallest absolute Gasteiger partial charge is 0.408 e. The van der Waals surface area contributed by atoms with Crippen molar-refractivity contribution in [1.82, 2.24) is 15.5 Å². The highest BCUT2D eigenvalue weighted by atomic mass is 16.6. The molecule has 0 heterocycles. The fraction of sp³-hybridized carbons (Fsp3) is 0.640. The van der Waals surface area contributed by atoms with Gasteiger partial charge in [-0.15, -0.1) is 0 Å². The van der Waals surface area contributed by atoms with Crippen LogP contribution in [0.2, 0.25) is 0 Å². The number of aryl methyl sites for hydroxylation is 1. The number of rotatable bonds is 9. The summed E-state index contributed by atoms with van der Waals surface area (Å²) in [7, 11) is 0. The monoisotopic (exact) mass is 461 g/mol. The van der Waals surface area contributed by atoms with Crippen molar-refractivity contribution < 1.29 is 24.2 Å². The fourth-order valence-corrected chi connectivity index (χ4v) is 3.92. The third kappa shape index (κ3) is 7.37. The van der Waals surface area contributed by atoms with Crippen molar-refractivity contribution >= 4 is 17.9 Å². The van der Waals surface area contributed by atoms with Gasteiger partial charge in [0.1, 0.15) is 23.9 Å². The summed E-state index contributed by atoms with van der Waals surface area (Å²) >= 11 is 0. The van der Waals surface area contributed by atoms with Gasteiger partial charge in [0.2, 0.25) is 11.8 Å². The van der Waals surface area contributed by atoms with Crippen molar-refractivity contribution in [2.45, 2.75) is 97.4 Å². The quantitative estimate of drug-likeness (QED) is 0.516. The van der Waals surface area contributed by atoms with Gasteiger partial charge in [0, 0.05) is 17.6 Å². The minimum atomic E-state index is -0.998. The number of carbonyl (C=O) groups excluding carboxylic acids is 3. The number of carbonyl (C=O) groups is 3. The average molecular weight is 462 g/mol. The Kier molecular flexibility index (Phi) is 9.14. The van der Waals surface area contributed by atoms with Crippen LogP contribution in [-0.2, 0) is 14.3 Å². The van der Waals surface area contributed by atoms with Gasteiger partial charge in [0.05, 0.1) is 0 Å². The number of nitrogens with zero attached hydrogens (tertiary/aromatic N) is 1. The lowest BCUT2D eigenvalue weighted by Crippen LogP contribution is -2.54. The van der Waals surface area contributed by atoms with Gasteiger partial charge in [0.15, 0.2) is 0 Å². The maximum absolute atomic E-state index is 13.5. The number of phenolic OH excluding ortho intramolecular Hbond substituents is 1. The topological polar surface area (TPSA) is 108 Å². The summed E-state index contributed by atoms with van der Waals surface area (Å²) in [6.07, 6.45) is 3.50. The molecule has 8 heteroatoms. The first-order chi connectivity index (χ1) is 15.4. The van der Waals surface area contributed by atoms with E-state index in [2.05, 4.69) is 10.6 Å². The summed E-state index contributed by atoms with van der Waals surface area (Å²) in [6, 6.07) is 3.99. The number of benzene rings is 1. The summed E-state index contributed by atoms with van der Waals surface area (Å²) in [5.41, 5.74) is 0.319. The van der Waals surface area contributed by atoms with Crippen LogP contribution in [0.5, 0.6) is 5.75 Å². The van der Waals surface area contributed by atoms with Crippen molar-refractivity contribution in [3.63, 3.8) is 0 Å². The molecule has 1 aliphatic rings. The third-order valence-corrected chi connectivity index (χ3v) is 5.74. The molecule has 1 fully saturated rings. The van der Waals surface area contributed by atoms with Crippen LogP contribution in [0.4, 0.5) is 4.79 Å². The van der Waals surface area contributed by atoms with Crippen LogP contribution in [0, 0.1) is 6.92 Å². The van der Waals surface area contributed by atoms with E-state index in [9.17, 15) is 19.5 Å². The van der Waals surface area contributed by atoms with Crippen molar-refractivity contribution in [3.8, 4) is 5.75 Å². The standard InChI is InChI=1S/C25H39N3O5/c1-7-10-17(3)27-23(31)21(19-14-8-11-16(2)22(19)30)28(18-12-9-13-18)20(29)15-26-24(32)33-25(4,5)6/h8,11,14,17-18,21,30H,7,9-10,12-13,15H2,1-6H3,(H,26,32)(H,27,31). The molecule has 0 radical (unpaired) electrons. The summed E-state index contributed by atoms with van der Waals surface area (Å²) in [6.45, 7) is 10.7. The summed E-state index contributed by atoms with van der Waals surface area (Å²) in [5.74, 6) is -0.734. The molecule has 184 valence electrons. The minimum Gasteiger partial charge on any atom is -0.507 e. The van der Waals surface area contributed by atoms with E-state index in [0.29, 0.717) is 11.1 Å².